The molecule has 0 radical (unpaired) electrons. The molecule has 3 nitrogen and oxygen atoms in total. The van der Waals surface area contributed by atoms with Crippen LogP contribution in [0.3, 0.4) is 0 Å². The molecule has 0 amide bonds. The van der Waals surface area contributed by atoms with Crippen molar-refractivity contribution in [3.8, 4) is 11.3 Å². The number of nitrogens with zero attached hydrogens (tertiary/aromatic N) is 2. The number of hydrogen-bond acceptors (Lipinski definition) is 3. The Balaban J connectivity index is 2.38. The van der Waals surface area contributed by atoms with Gasteiger partial charge < -0.3 is 10.6 Å². The maximum Gasteiger partial charge on any atom is 0.129 e. The number of nitrogen functional groups attached to an aromatic ring is 1. The molecule has 0 aliphatic carbocycles. The molecule has 0 bridgehead atoms. The first-order valence-corrected chi connectivity index (χ1v) is 6.32. The van der Waals surface area contributed by atoms with E-state index in [-0.39, 0.29) is 0 Å². The van der Waals surface area contributed by atoms with Crippen LogP contribution in [0.1, 0.15) is 13.8 Å². The van der Waals surface area contributed by atoms with E-state index in [0.717, 1.165) is 35.9 Å². The van der Waals surface area contributed by atoms with E-state index in [1.165, 1.54) is 0 Å². The van der Waals surface area contributed by atoms with Gasteiger partial charge in [-0.3, -0.25) is 0 Å². The van der Waals surface area contributed by atoms with Gasteiger partial charge in [-0.05, 0) is 38.1 Å². The molecule has 0 fully saturated rings. The van der Waals surface area contributed by atoms with Crippen molar-refractivity contribution in [2.24, 2.45) is 0 Å². The molecule has 2 rings (SSSR count). The second-order valence-corrected chi connectivity index (χ2v) is 4.18. The van der Waals surface area contributed by atoms with E-state index >= 15 is 0 Å². The molecule has 1 aromatic heterocycles. The monoisotopic (exact) mass is 241 g/mol. The Morgan fingerprint density at radius 3 is 2.44 bits per heavy atom. The summed E-state index contributed by atoms with van der Waals surface area (Å²) in [7, 11) is 0. The highest BCUT2D eigenvalue weighted by molar-refractivity contribution is 5.65. The smallest absolute Gasteiger partial charge is 0.129 e. The van der Waals surface area contributed by atoms with Gasteiger partial charge in [0.25, 0.3) is 0 Å². The molecular formula is C15H19N3. The Morgan fingerprint density at radius 2 is 1.78 bits per heavy atom. The van der Waals surface area contributed by atoms with E-state index in [1.54, 1.807) is 0 Å². The first-order valence-electron chi connectivity index (χ1n) is 6.32. The van der Waals surface area contributed by atoms with Gasteiger partial charge in [0.15, 0.2) is 0 Å². The highest BCUT2D eigenvalue weighted by Crippen LogP contribution is 2.22. The fraction of sp³-hybridized carbons (Fsp3) is 0.267. The van der Waals surface area contributed by atoms with Crippen LogP contribution < -0.4 is 10.6 Å². The molecule has 2 aromatic rings. The van der Waals surface area contributed by atoms with Crippen molar-refractivity contribution in [1.82, 2.24) is 4.98 Å². The maximum atomic E-state index is 5.81. The molecule has 2 N–H and O–H groups in total. The average molecular weight is 241 g/mol. The number of benzene rings is 1. The van der Waals surface area contributed by atoms with Crippen molar-refractivity contribution in [3.63, 3.8) is 0 Å². The van der Waals surface area contributed by atoms with E-state index in [1.807, 2.05) is 42.5 Å². The Kier molecular flexibility index (Phi) is 3.82. The van der Waals surface area contributed by atoms with E-state index in [0.29, 0.717) is 0 Å². The van der Waals surface area contributed by atoms with Gasteiger partial charge in [0, 0.05) is 24.3 Å². The van der Waals surface area contributed by atoms with Gasteiger partial charge in [0.2, 0.25) is 0 Å². The summed E-state index contributed by atoms with van der Waals surface area (Å²) in [6.45, 7) is 6.20. The number of hydrogen-bond donors (Lipinski definition) is 1. The third kappa shape index (κ3) is 2.62. The molecule has 0 saturated carbocycles. The van der Waals surface area contributed by atoms with Gasteiger partial charge in [-0.25, -0.2) is 4.98 Å². The minimum Gasteiger partial charge on any atom is -0.399 e. The predicted octanol–water partition coefficient (Wildman–Crippen LogP) is 3.18. The number of aromatic nitrogens is 1. The zero-order valence-electron chi connectivity index (χ0n) is 10.9. The van der Waals surface area contributed by atoms with Crippen molar-refractivity contribution in [2.45, 2.75) is 13.8 Å². The van der Waals surface area contributed by atoms with Gasteiger partial charge in [-0.15, -0.1) is 0 Å². The highest BCUT2D eigenvalue weighted by atomic mass is 15.2. The standard InChI is InChI=1S/C15H19N3/c1-3-18(4-2)15-10-6-9-14(17-15)12-7-5-8-13(16)11-12/h5-11H,3-4,16H2,1-2H3. The second kappa shape index (κ2) is 5.54. The van der Waals surface area contributed by atoms with Crippen LogP contribution in [0.4, 0.5) is 11.5 Å². The lowest BCUT2D eigenvalue weighted by Crippen LogP contribution is -2.22. The minimum absolute atomic E-state index is 0.766. The van der Waals surface area contributed by atoms with Crippen molar-refractivity contribution < 1.29 is 0 Å². The summed E-state index contributed by atoms with van der Waals surface area (Å²) in [6.07, 6.45) is 0. The van der Waals surface area contributed by atoms with Crippen molar-refractivity contribution >= 4 is 11.5 Å². The van der Waals surface area contributed by atoms with Crippen LogP contribution in [-0.2, 0) is 0 Å². The Bertz CT molecular complexity index is 519. The summed E-state index contributed by atoms with van der Waals surface area (Å²) in [5, 5.41) is 0. The Hall–Kier alpha value is -2.03. The second-order valence-electron chi connectivity index (χ2n) is 4.18. The number of anilines is 2. The summed E-state index contributed by atoms with van der Waals surface area (Å²) >= 11 is 0. The molecule has 3 heteroatoms. The normalized spacial score (nSPS) is 10.3. The molecule has 18 heavy (non-hydrogen) atoms. The first kappa shape index (κ1) is 12.4. The molecule has 0 spiro atoms. The van der Waals surface area contributed by atoms with Gasteiger partial charge in [-0.2, -0.15) is 0 Å². The minimum atomic E-state index is 0.766. The molecule has 0 aliphatic heterocycles. The van der Waals surface area contributed by atoms with E-state index in [4.69, 9.17) is 10.7 Å². The van der Waals surface area contributed by atoms with Gasteiger partial charge in [0.1, 0.15) is 5.82 Å². The SMILES string of the molecule is CCN(CC)c1cccc(-c2cccc(N)c2)n1. The third-order valence-electron chi connectivity index (χ3n) is 3.00. The lowest BCUT2D eigenvalue weighted by Gasteiger charge is -2.20. The van der Waals surface area contributed by atoms with Crippen molar-refractivity contribution in [3.05, 3.63) is 42.5 Å². The fourth-order valence-electron chi connectivity index (χ4n) is 2.01. The topological polar surface area (TPSA) is 42.1 Å². The van der Waals surface area contributed by atoms with Crippen LogP contribution in [-0.4, -0.2) is 18.1 Å². The van der Waals surface area contributed by atoms with Crippen molar-refractivity contribution in [1.29, 1.82) is 0 Å². The van der Waals surface area contributed by atoms with Gasteiger partial charge in [-0.1, -0.05) is 18.2 Å². The molecule has 0 saturated heterocycles. The molecule has 1 aromatic carbocycles. The van der Waals surface area contributed by atoms with Crippen LogP contribution in [0.5, 0.6) is 0 Å². The lowest BCUT2D eigenvalue weighted by atomic mass is 10.1. The molecule has 0 atom stereocenters. The van der Waals surface area contributed by atoms with Crippen LogP contribution in [0, 0.1) is 0 Å². The summed E-state index contributed by atoms with van der Waals surface area (Å²) in [6, 6.07) is 13.9. The van der Waals surface area contributed by atoms with Crippen LogP contribution >= 0.6 is 0 Å². The third-order valence-corrected chi connectivity index (χ3v) is 3.00. The number of rotatable bonds is 4. The number of pyridine rings is 1. The zero-order chi connectivity index (χ0) is 13.0. The Morgan fingerprint density at radius 1 is 1.06 bits per heavy atom. The molecular weight excluding hydrogens is 222 g/mol. The molecule has 0 aliphatic rings. The largest absolute Gasteiger partial charge is 0.399 e. The van der Waals surface area contributed by atoms with Crippen LogP contribution in [0.2, 0.25) is 0 Å². The van der Waals surface area contributed by atoms with Gasteiger partial charge >= 0.3 is 0 Å². The Labute approximate surface area is 108 Å². The lowest BCUT2D eigenvalue weighted by molar-refractivity contribution is 0.847. The van der Waals surface area contributed by atoms with E-state index in [2.05, 4.69) is 18.7 Å². The molecule has 1 heterocycles. The predicted molar refractivity (Wildman–Crippen MR) is 77.6 cm³/mol. The van der Waals surface area contributed by atoms with E-state index < -0.39 is 0 Å². The number of nitrogens with two attached hydrogens (primary N) is 1. The summed E-state index contributed by atoms with van der Waals surface area (Å²) in [5.41, 5.74) is 8.60. The van der Waals surface area contributed by atoms with Crippen molar-refractivity contribution in [2.75, 3.05) is 23.7 Å². The summed E-state index contributed by atoms with van der Waals surface area (Å²) in [5.74, 6) is 1.01. The van der Waals surface area contributed by atoms with E-state index in [9.17, 15) is 0 Å². The highest BCUT2D eigenvalue weighted by Gasteiger charge is 2.05. The first-order chi connectivity index (χ1) is 8.74. The quantitative estimate of drug-likeness (QED) is 0.836. The van der Waals surface area contributed by atoms with Crippen LogP contribution in [0.15, 0.2) is 42.5 Å². The summed E-state index contributed by atoms with van der Waals surface area (Å²) in [4.78, 5) is 6.93. The van der Waals surface area contributed by atoms with Gasteiger partial charge in [0.05, 0.1) is 5.69 Å². The molecule has 0 unspecified atom stereocenters. The maximum absolute atomic E-state index is 5.81. The average Bonchev–Trinajstić information content (AvgIpc) is 2.41. The van der Waals surface area contributed by atoms with Crippen LogP contribution in [0.25, 0.3) is 11.3 Å². The fourth-order valence-corrected chi connectivity index (χ4v) is 2.01. The zero-order valence-corrected chi connectivity index (χ0v) is 10.9. The molecule has 94 valence electrons. The summed E-state index contributed by atoms with van der Waals surface area (Å²) < 4.78 is 0.